The zero-order valence-electron chi connectivity index (χ0n) is 17.7. The van der Waals surface area contributed by atoms with Crippen molar-refractivity contribution in [2.45, 2.75) is 27.2 Å². The van der Waals surface area contributed by atoms with Gasteiger partial charge in [-0.3, -0.25) is 25.8 Å². The Morgan fingerprint density at radius 2 is 1.74 bits per heavy atom. The van der Waals surface area contributed by atoms with Crippen LogP contribution in [0.2, 0.25) is 0 Å². The predicted molar refractivity (Wildman–Crippen MR) is 127 cm³/mol. The largest absolute Gasteiger partial charge is 0.494 e. The lowest BCUT2D eigenvalue weighted by Gasteiger charge is -2.13. The van der Waals surface area contributed by atoms with Crippen LogP contribution in [0.5, 0.6) is 11.5 Å². The van der Waals surface area contributed by atoms with Gasteiger partial charge in [-0.1, -0.05) is 29.8 Å². The van der Waals surface area contributed by atoms with Crippen molar-refractivity contribution in [2.24, 2.45) is 5.92 Å². The Hall–Kier alpha value is -2.65. The van der Waals surface area contributed by atoms with Gasteiger partial charge in [0, 0.05) is 10.0 Å². The summed E-state index contributed by atoms with van der Waals surface area (Å²) in [5, 5.41) is 2.47. The van der Waals surface area contributed by atoms with Crippen LogP contribution in [-0.2, 0) is 0 Å². The Morgan fingerprint density at radius 3 is 2.39 bits per heavy atom. The Balaban J connectivity index is 1.86. The molecule has 2 rings (SSSR count). The number of hydrogen-bond acceptors (Lipinski definition) is 5. The zero-order valence-corrected chi connectivity index (χ0v) is 20.1. The normalized spacial score (nSPS) is 10.4. The van der Waals surface area contributed by atoms with Crippen molar-refractivity contribution in [3.63, 3.8) is 0 Å². The highest BCUT2D eigenvalue weighted by Gasteiger charge is 2.15. The molecule has 0 atom stereocenters. The predicted octanol–water partition coefficient (Wildman–Crippen LogP) is 4.22. The van der Waals surface area contributed by atoms with Crippen LogP contribution in [0.25, 0.3) is 0 Å². The summed E-state index contributed by atoms with van der Waals surface area (Å²) in [7, 11) is 0. The molecule has 0 saturated carbocycles. The summed E-state index contributed by atoms with van der Waals surface area (Å²) in [6, 6.07) is 11.9. The van der Waals surface area contributed by atoms with E-state index in [4.69, 9.17) is 21.7 Å². The minimum Gasteiger partial charge on any atom is -0.494 e. The zero-order chi connectivity index (χ0) is 22.8. The number of benzene rings is 2. The molecule has 0 saturated heterocycles. The third-order valence-corrected chi connectivity index (χ3v) is 4.78. The smallest absolute Gasteiger partial charge is 0.269 e. The van der Waals surface area contributed by atoms with E-state index >= 15 is 0 Å². The third-order valence-electron chi connectivity index (χ3n) is 4.08. The second kappa shape index (κ2) is 12.3. The van der Waals surface area contributed by atoms with E-state index in [-0.39, 0.29) is 5.11 Å². The topological polar surface area (TPSA) is 88.7 Å². The lowest BCUT2D eigenvalue weighted by atomic mass is 10.1. The van der Waals surface area contributed by atoms with Crippen LogP contribution in [0, 0.1) is 5.92 Å². The monoisotopic (exact) mass is 507 g/mol. The number of nitrogens with one attached hydrogen (secondary N) is 3. The number of hydrogen-bond donors (Lipinski definition) is 3. The van der Waals surface area contributed by atoms with Crippen LogP contribution in [0.15, 0.2) is 46.9 Å². The number of thiocarbonyl (C=S) groups is 1. The minimum absolute atomic E-state index is 0.0468. The van der Waals surface area contributed by atoms with Crippen LogP contribution >= 0.6 is 28.1 Å². The second-order valence-corrected chi connectivity index (χ2v) is 8.32. The van der Waals surface area contributed by atoms with Crippen molar-refractivity contribution < 1.29 is 19.1 Å². The lowest BCUT2D eigenvalue weighted by Crippen LogP contribution is -2.48. The van der Waals surface area contributed by atoms with Crippen molar-refractivity contribution in [2.75, 3.05) is 13.2 Å². The van der Waals surface area contributed by atoms with Gasteiger partial charge in [0.15, 0.2) is 5.11 Å². The van der Waals surface area contributed by atoms with E-state index < -0.39 is 11.8 Å². The Kier molecular flexibility index (Phi) is 9.74. The maximum atomic E-state index is 12.5. The van der Waals surface area contributed by atoms with Crippen molar-refractivity contribution in [1.82, 2.24) is 16.2 Å². The maximum Gasteiger partial charge on any atom is 0.269 e. The number of rotatable bonds is 8. The molecule has 0 aliphatic rings. The van der Waals surface area contributed by atoms with E-state index in [1.54, 1.807) is 42.5 Å². The molecular weight excluding hydrogens is 482 g/mol. The van der Waals surface area contributed by atoms with Crippen LogP contribution in [0.3, 0.4) is 0 Å². The molecule has 0 bridgehead atoms. The average molecular weight is 508 g/mol. The molecule has 0 aliphatic heterocycles. The van der Waals surface area contributed by atoms with Gasteiger partial charge in [-0.05, 0) is 73.9 Å². The number of amides is 2. The molecule has 9 heteroatoms. The molecule has 0 radical (unpaired) electrons. The van der Waals surface area contributed by atoms with Crippen molar-refractivity contribution in [3.8, 4) is 11.5 Å². The van der Waals surface area contributed by atoms with Crippen LogP contribution in [0.1, 0.15) is 47.9 Å². The highest BCUT2D eigenvalue weighted by Crippen LogP contribution is 2.23. The molecule has 2 amide bonds. The first-order valence-electron chi connectivity index (χ1n) is 9.87. The van der Waals surface area contributed by atoms with Crippen molar-refractivity contribution in [1.29, 1.82) is 0 Å². The Labute approximate surface area is 196 Å². The summed E-state index contributed by atoms with van der Waals surface area (Å²) in [5.41, 5.74) is 5.72. The van der Waals surface area contributed by atoms with Gasteiger partial charge >= 0.3 is 0 Å². The Morgan fingerprint density at radius 1 is 1.03 bits per heavy atom. The number of hydrazine groups is 1. The molecular formula is C22H26BrN3O4S. The SMILES string of the molecule is CCOc1ccc(Br)cc1C(=O)NC(=S)NNC(=O)c1ccc(OCCC(C)C)cc1. The first-order chi connectivity index (χ1) is 14.8. The average Bonchev–Trinajstić information content (AvgIpc) is 2.73. The van der Waals surface area contributed by atoms with E-state index in [2.05, 4.69) is 45.9 Å². The van der Waals surface area contributed by atoms with Gasteiger partial charge in [0.05, 0.1) is 18.8 Å². The number of halogens is 1. The molecule has 2 aromatic rings. The lowest BCUT2D eigenvalue weighted by molar-refractivity contribution is 0.0933. The van der Waals surface area contributed by atoms with Gasteiger partial charge in [0.1, 0.15) is 11.5 Å². The molecule has 0 fully saturated rings. The fourth-order valence-electron chi connectivity index (χ4n) is 2.46. The van der Waals surface area contributed by atoms with Gasteiger partial charge in [-0.25, -0.2) is 0 Å². The van der Waals surface area contributed by atoms with Gasteiger partial charge in [0.25, 0.3) is 11.8 Å². The highest BCUT2D eigenvalue weighted by atomic mass is 79.9. The van der Waals surface area contributed by atoms with Gasteiger partial charge in [-0.2, -0.15) is 0 Å². The fourth-order valence-corrected chi connectivity index (χ4v) is 2.97. The molecule has 3 N–H and O–H groups in total. The fraction of sp³-hybridized carbons (Fsp3) is 0.318. The van der Waals surface area contributed by atoms with Crippen molar-refractivity contribution in [3.05, 3.63) is 58.1 Å². The third kappa shape index (κ3) is 8.18. The van der Waals surface area contributed by atoms with Crippen LogP contribution < -0.4 is 25.6 Å². The summed E-state index contributed by atoms with van der Waals surface area (Å²) in [6.07, 6.45) is 0.960. The molecule has 0 unspecified atom stereocenters. The summed E-state index contributed by atoms with van der Waals surface area (Å²) in [4.78, 5) is 24.8. The van der Waals surface area contributed by atoms with E-state index in [1.165, 1.54) is 0 Å². The van der Waals surface area contributed by atoms with Gasteiger partial charge in [-0.15, -0.1) is 0 Å². The van der Waals surface area contributed by atoms with E-state index in [0.29, 0.717) is 41.8 Å². The summed E-state index contributed by atoms with van der Waals surface area (Å²) in [6.45, 7) is 7.14. The van der Waals surface area contributed by atoms with Crippen LogP contribution in [-0.4, -0.2) is 30.1 Å². The minimum atomic E-state index is -0.459. The molecule has 0 aromatic heterocycles. The van der Waals surface area contributed by atoms with Crippen molar-refractivity contribution >= 4 is 45.1 Å². The highest BCUT2D eigenvalue weighted by molar-refractivity contribution is 9.10. The number of carbonyl (C=O) groups is 2. The standard InChI is InChI=1S/C22H26BrN3O4S/c1-4-29-19-10-7-16(23)13-18(19)21(28)24-22(31)26-25-20(27)15-5-8-17(9-6-15)30-12-11-14(2)3/h5-10,13-14H,4,11-12H2,1-3H3,(H,25,27)(H2,24,26,28,31). The van der Waals surface area contributed by atoms with E-state index in [1.807, 2.05) is 6.92 Å². The second-order valence-electron chi connectivity index (χ2n) is 6.99. The summed E-state index contributed by atoms with van der Waals surface area (Å²) in [5.74, 6) is 0.842. The molecule has 2 aromatic carbocycles. The molecule has 166 valence electrons. The summed E-state index contributed by atoms with van der Waals surface area (Å²) < 4.78 is 11.8. The molecule has 0 heterocycles. The van der Waals surface area contributed by atoms with E-state index in [9.17, 15) is 9.59 Å². The number of ether oxygens (including phenoxy) is 2. The molecule has 0 spiro atoms. The maximum absolute atomic E-state index is 12.5. The van der Waals surface area contributed by atoms with Gasteiger partial charge in [0.2, 0.25) is 0 Å². The molecule has 0 aliphatic carbocycles. The summed E-state index contributed by atoms with van der Waals surface area (Å²) >= 11 is 8.43. The van der Waals surface area contributed by atoms with E-state index in [0.717, 1.165) is 10.9 Å². The first kappa shape index (κ1) is 24.6. The molecule has 7 nitrogen and oxygen atoms in total. The quantitative estimate of drug-likeness (QED) is 0.366. The van der Waals surface area contributed by atoms with Crippen LogP contribution in [0.4, 0.5) is 0 Å². The first-order valence-corrected chi connectivity index (χ1v) is 11.1. The Bertz CT molecular complexity index is 919. The van der Waals surface area contributed by atoms with Gasteiger partial charge < -0.3 is 9.47 Å². The molecule has 31 heavy (non-hydrogen) atoms. The number of carbonyl (C=O) groups excluding carboxylic acids is 2.